The molecule has 1 aromatic heterocycles. The summed E-state index contributed by atoms with van der Waals surface area (Å²) in [5.41, 5.74) is -1.19. The molecule has 0 radical (unpaired) electrons. The second-order valence-electron chi connectivity index (χ2n) is 4.48. The van der Waals surface area contributed by atoms with Gasteiger partial charge in [-0.3, -0.25) is 9.59 Å². The molecule has 1 heterocycles. The molecule has 0 aliphatic rings. The number of hydrogen-bond donors (Lipinski definition) is 2. The number of aromatic amines is 1. The third-order valence-corrected chi connectivity index (χ3v) is 2.82. The van der Waals surface area contributed by atoms with Crippen LogP contribution in [0.25, 0.3) is 0 Å². The zero-order valence-electron chi connectivity index (χ0n) is 11.7. The third-order valence-electron chi connectivity index (χ3n) is 2.82. The summed E-state index contributed by atoms with van der Waals surface area (Å²) in [6.07, 6.45) is -3.03. The highest BCUT2D eigenvalue weighted by molar-refractivity contribution is 5.93. The largest absolute Gasteiger partial charge is 0.416 e. The van der Waals surface area contributed by atoms with Crippen LogP contribution in [0.1, 0.15) is 21.5 Å². The van der Waals surface area contributed by atoms with Gasteiger partial charge >= 0.3 is 6.18 Å². The van der Waals surface area contributed by atoms with Crippen LogP contribution in [0.5, 0.6) is 0 Å². The fraction of sp³-hybridized carbons (Fsp3) is 0.125. The van der Waals surface area contributed by atoms with Crippen molar-refractivity contribution in [1.29, 1.82) is 0 Å². The molecule has 2 aromatic rings. The van der Waals surface area contributed by atoms with Crippen LogP contribution in [-0.2, 0) is 6.18 Å². The number of pyridine rings is 1. The molecule has 0 fully saturated rings. The second-order valence-corrected chi connectivity index (χ2v) is 4.48. The zero-order valence-corrected chi connectivity index (χ0v) is 11.7. The Morgan fingerprint density at radius 3 is 2.70 bits per heavy atom. The van der Waals surface area contributed by atoms with Gasteiger partial charge in [-0.15, -0.1) is 0 Å². The van der Waals surface area contributed by atoms with E-state index in [1.807, 2.05) is 0 Å². The van der Waals surface area contributed by atoms with Crippen molar-refractivity contribution in [2.75, 3.05) is 6.54 Å². The Bertz CT molecular complexity index is 829. The lowest BCUT2D eigenvalue weighted by Crippen LogP contribution is -2.29. The molecular formula is C16H11F3N2O2. The first-order valence-electron chi connectivity index (χ1n) is 6.50. The van der Waals surface area contributed by atoms with Crippen molar-refractivity contribution in [2.24, 2.45) is 0 Å². The second kappa shape index (κ2) is 6.83. The Kier molecular flexibility index (Phi) is 4.86. The summed E-state index contributed by atoms with van der Waals surface area (Å²) < 4.78 is 37.6. The predicted molar refractivity (Wildman–Crippen MR) is 77.7 cm³/mol. The van der Waals surface area contributed by atoms with Crippen LogP contribution in [-0.4, -0.2) is 17.4 Å². The SMILES string of the molecule is O=C(NCC#Cc1cccc(C(F)(F)F)c1)c1ccc[nH]c1=O. The first-order chi connectivity index (χ1) is 10.9. The monoisotopic (exact) mass is 320 g/mol. The van der Waals surface area contributed by atoms with Gasteiger partial charge in [0.25, 0.3) is 11.5 Å². The number of amides is 1. The maximum atomic E-state index is 12.5. The van der Waals surface area contributed by atoms with Gasteiger partial charge in [0.1, 0.15) is 5.56 Å². The average molecular weight is 320 g/mol. The van der Waals surface area contributed by atoms with Gasteiger partial charge in [0, 0.05) is 11.8 Å². The number of nitrogens with one attached hydrogen (secondary N) is 2. The summed E-state index contributed by atoms with van der Waals surface area (Å²) in [5.74, 6) is 4.46. The molecule has 0 spiro atoms. The van der Waals surface area contributed by atoms with E-state index in [0.29, 0.717) is 0 Å². The van der Waals surface area contributed by atoms with E-state index in [9.17, 15) is 22.8 Å². The predicted octanol–water partition coefficient (Wildman–Crippen LogP) is 2.18. The molecule has 1 aromatic carbocycles. The summed E-state index contributed by atoms with van der Waals surface area (Å²) in [5, 5.41) is 2.40. The molecule has 0 aliphatic carbocycles. The van der Waals surface area contributed by atoms with E-state index in [2.05, 4.69) is 22.1 Å². The lowest BCUT2D eigenvalue weighted by atomic mass is 10.1. The Hall–Kier alpha value is -3.01. The molecular weight excluding hydrogens is 309 g/mol. The van der Waals surface area contributed by atoms with E-state index in [-0.39, 0.29) is 17.7 Å². The normalized spacial score (nSPS) is 10.6. The minimum absolute atomic E-state index is 0.0617. The number of aromatic nitrogens is 1. The number of carbonyl (C=O) groups is 1. The Balaban J connectivity index is 2.01. The van der Waals surface area contributed by atoms with Crippen molar-refractivity contribution in [1.82, 2.24) is 10.3 Å². The highest BCUT2D eigenvalue weighted by Gasteiger charge is 2.30. The Morgan fingerprint density at radius 1 is 1.22 bits per heavy atom. The Labute approximate surface area is 129 Å². The maximum absolute atomic E-state index is 12.5. The molecule has 0 bridgehead atoms. The van der Waals surface area contributed by atoms with E-state index in [4.69, 9.17) is 0 Å². The molecule has 2 N–H and O–H groups in total. The number of carbonyl (C=O) groups excluding carboxylic acids is 1. The fourth-order valence-electron chi connectivity index (χ4n) is 1.74. The Morgan fingerprint density at radius 2 is 2.00 bits per heavy atom. The van der Waals surface area contributed by atoms with Crippen LogP contribution in [0.3, 0.4) is 0 Å². The minimum Gasteiger partial charge on any atom is -0.341 e. The van der Waals surface area contributed by atoms with Crippen LogP contribution in [0, 0.1) is 11.8 Å². The summed E-state index contributed by atoms with van der Waals surface area (Å²) in [4.78, 5) is 25.5. The van der Waals surface area contributed by atoms with Gasteiger partial charge in [-0.1, -0.05) is 17.9 Å². The van der Waals surface area contributed by atoms with E-state index in [1.54, 1.807) is 0 Å². The van der Waals surface area contributed by atoms with Crippen molar-refractivity contribution >= 4 is 5.91 Å². The molecule has 2 rings (SSSR count). The quantitative estimate of drug-likeness (QED) is 0.833. The molecule has 23 heavy (non-hydrogen) atoms. The molecule has 0 saturated carbocycles. The van der Waals surface area contributed by atoms with Crippen molar-refractivity contribution in [3.8, 4) is 11.8 Å². The number of alkyl halides is 3. The maximum Gasteiger partial charge on any atom is 0.416 e. The molecule has 0 unspecified atom stereocenters. The van der Waals surface area contributed by atoms with Crippen LogP contribution in [0.2, 0.25) is 0 Å². The fourth-order valence-corrected chi connectivity index (χ4v) is 1.74. The first kappa shape index (κ1) is 16.4. The molecule has 4 nitrogen and oxygen atoms in total. The number of H-pyrrole nitrogens is 1. The van der Waals surface area contributed by atoms with Crippen molar-refractivity contribution in [2.45, 2.75) is 6.18 Å². The van der Waals surface area contributed by atoms with Crippen LogP contribution in [0.4, 0.5) is 13.2 Å². The van der Waals surface area contributed by atoms with Crippen molar-refractivity contribution < 1.29 is 18.0 Å². The number of halogens is 3. The summed E-state index contributed by atoms with van der Waals surface area (Å²) in [7, 11) is 0. The van der Waals surface area contributed by atoms with E-state index in [1.165, 1.54) is 30.5 Å². The highest BCUT2D eigenvalue weighted by Crippen LogP contribution is 2.29. The molecule has 0 atom stereocenters. The van der Waals surface area contributed by atoms with Gasteiger partial charge in [-0.25, -0.2) is 0 Å². The lowest BCUT2D eigenvalue weighted by Gasteiger charge is -2.05. The molecule has 1 amide bonds. The summed E-state index contributed by atoms with van der Waals surface area (Å²) in [6, 6.07) is 7.44. The number of hydrogen-bond acceptors (Lipinski definition) is 2. The number of rotatable bonds is 2. The van der Waals surface area contributed by atoms with Gasteiger partial charge in [0.2, 0.25) is 0 Å². The van der Waals surface area contributed by atoms with Crippen molar-refractivity contribution in [3.63, 3.8) is 0 Å². The van der Waals surface area contributed by atoms with Gasteiger partial charge in [-0.05, 0) is 30.3 Å². The van der Waals surface area contributed by atoms with Crippen molar-refractivity contribution in [3.05, 3.63) is 69.6 Å². The van der Waals surface area contributed by atoms with Gasteiger partial charge in [0.15, 0.2) is 0 Å². The van der Waals surface area contributed by atoms with Gasteiger partial charge in [-0.2, -0.15) is 13.2 Å². The smallest absolute Gasteiger partial charge is 0.341 e. The van der Waals surface area contributed by atoms with Gasteiger partial charge in [0.05, 0.1) is 12.1 Å². The summed E-state index contributed by atoms with van der Waals surface area (Å²) >= 11 is 0. The average Bonchev–Trinajstić information content (AvgIpc) is 2.51. The standard InChI is InChI=1S/C16H11F3N2O2/c17-16(18,19)12-6-1-4-11(10-12)5-2-8-20-14(22)13-7-3-9-21-15(13)23/h1,3-4,6-7,9-10H,8H2,(H,20,22)(H,21,23). The van der Waals surface area contributed by atoms with E-state index in [0.717, 1.165) is 12.1 Å². The minimum atomic E-state index is -4.43. The molecule has 0 aliphatic heterocycles. The topological polar surface area (TPSA) is 62.0 Å². The van der Waals surface area contributed by atoms with Crippen LogP contribution < -0.4 is 10.9 Å². The summed E-state index contributed by atoms with van der Waals surface area (Å²) in [6.45, 7) is -0.0938. The molecule has 118 valence electrons. The van der Waals surface area contributed by atoms with Crippen LogP contribution >= 0.6 is 0 Å². The lowest BCUT2D eigenvalue weighted by molar-refractivity contribution is -0.137. The number of benzene rings is 1. The zero-order chi connectivity index (χ0) is 16.9. The first-order valence-corrected chi connectivity index (χ1v) is 6.50. The molecule has 0 saturated heterocycles. The van der Waals surface area contributed by atoms with E-state index < -0.39 is 23.2 Å². The third kappa shape index (κ3) is 4.48. The molecule has 7 heteroatoms. The van der Waals surface area contributed by atoms with E-state index >= 15 is 0 Å². The highest BCUT2D eigenvalue weighted by atomic mass is 19.4. The van der Waals surface area contributed by atoms with Crippen LogP contribution in [0.15, 0.2) is 47.4 Å². The van der Waals surface area contributed by atoms with Gasteiger partial charge < -0.3 is 10.3 Å².